The van der Waals surface area contributed by atoms with Crippen molar-refractivity contribution in [2.24, 2.45) is 22.0 Å². The third-order valence-electron chi connectivity index (χ3n) is 6.39. The molecule has 2 aliphatic heterocycles. The monoisotopic (exact) mass is 504 g/mol. The largest absolute Gasteiger partial charge is 0.511 e. The van der Waals surface area contributed by atoms with Crippen molar-refractivity contribution in [1.82, 2.24) is 4.48 Å². The summed E-state index contributed by atoms with van der Waals surface area (Å²) in [6, 6.07) is 5.47. The summed E-state index contributed by atoms with van der Waals surface area (Å²) in [5.41, 5.74) is 1.62. The van der Waals surface area contributed by atoms with Gasteiger partial charge in [0.05, 0.1) is 7.05 Å². The predicted molar refractivity (Wildman–Crippen MR) is 140 cm³/mol. The molecule has 0 spiro atoms. The third-order valence-corrected chi connectivity index (χ3v) is 7.18. The normalized spacial score (nSPS) is 22.2. The number of primary sulfonamides is 1. The summed E-state index contributed by atoms with van der Waals surface area (Å²) in [7, 11) is -2.17. The van der Waals surface area contributed by atoms with Gasteiger partial charge in [0.2, 0.25) is 11.4 Å². The zero-order valence-electron chi connectivity index (χ0n) is 21.5. The summed E-state index contributed by atoms with van der Waals surface area (Å²) in [5, 5.41) is 16.3. The van der Waals surface area contributed by atoms with Crippen LogP contribution < -0.4 is 9.62 Å². The lowest BCUT2D eigenvalue weighted by Crippen LogP contribution is -2.42. The van der Waals surface area contributed by atoms with Crippen LogP contribution in [0, 0.1) is 11.8 Å². The molecule has 1 aromatic rings. The van der Waals surface area contributed by atoms with Crippen LogP contribution >= 0.6 is 0 Å². The number of cyclic esters (lactones) is 1. The predicted octanol–water partition coefficient (Wildman–Crippen LogP) is 4.75. The van der Waals surface area contributed by atoms with Crippen molar-refractivity contribution < 1.29 is 23.1 Å². The molecule has 0 amide bonds. The van der Waals surface area contributed by atoms with Crippen molar-refractivity contribution in [3.8, 4) is 0 Å². The number of carbonyl (C=O) groups is 1. The Hall–Kier alpha value is -2.49. The molecule has 0 fully saturated rings. The Bertz CT molecular complexity index is 1190. The Labute approximate surface area is 208 Å². The third kappa shape index (κ3) is 5.68. The van der Waals surface area contributed by atoms with E-state index in [1.807, 2.05) is 19.1 Å². The van der Waals surface area contributed by atoms with Crippen LogP contribution in [-0.4, -0.2) is 38.5 Å². The first-order chi connectivity index (χ1) is 16.2. The number of sulfonamides is 1. The Morgan fingerprint density at radius 3 is 2.31 bits per heavy atom. The molecule has 0 aliphatic carbocycles. The molecule has 192 valence electrons. The number of nitrogens with two attached hydrogens (primary N) is 1. The number of nitrogens with zero attached hydrogens (tertiary/aromatic N) is 2. The number of rotatable bonds is 9. The minimum Gasteiger partial charge on any atom is -0.511 e. The SMILES string of the molecule is CCCc1c(C2=C(O)CC(CC(C)C)(CC(C)C)OC2=O)cccc1[N+]1(C)C=NC(S(N)(=O)=O)=C1. The Balaban J connectivity index is 2.15. The summed E-state index contributed by atoms with van der Waals surface area (Å²) < 4.78 is 29.8. The van der Waals surface area contributed by atoms with Crippen molar-refractivity contribution in [2.45, 2.75) is 72.3 Å². The zero-order chi connectivity index (χ0) is 26.2. The van der Waals surface area contributed by atoms with Crippen LogP contribution in [0.15, 0.2) is 40.2 Å². The van der Waals surface area contributed by atoms with Gasteiger partial charge in [-0.3, -0.25) is 0 Å². The highest BCUT2D eigenvalue weighted by atomic mass is 32.2. The van der Waals surface area contributed by atoms with Crippen LogP contribution in [0.25, 0.3) is 5.57 Å². The molecule has 0 saturated heterocycles. The highest BCUT2D eigenvalue weighted by Gasteiger charge is 2.44. The van der Waals surface area contributed by atoms with Crippen molar-refractivity contribution in [1.29, 1.82) is 0 Å². The van der Waals surface area contributed by atoms with E-state index in [1.165, 1.54) is 12.5 Å². The number of aliphatic hydroxyl groups is 1. The molecule has 0 aromatic heterocycles. The van der Waals surface area contributed by atoms with E-state index in [9.17, 15) is 18.3 Å². The lowest BCUT2D eigenvalue weighted by molar-refractivity contribution is -0.159. The molecule has 0 saturated carbocycles. The molecule has 1 aromatic carbocycles. The molecular weight excluding hydrogens is 466 g/mol. The topological polar surface area (TPSA) is 119 Å². The molecule has 2 aliphatic rings. The summed E-state index contributed by atoms with van der Waals surface area (Å²) in [4.78, 5) is 17.5. The van der Waals surface area contributed by atoms with Gasteiger partial charge in [0.15, 0.2) is 0 Å². The van der Waals surface area contributed by atoms with Crippen LogP contribution in [0.3, 0.4) is 0 Å². The van der Waals surface area contributed by atoms with Gasteiger partial charge in [0.25, 0.3) is 10.0 Å². The molecular formula is C26H38N3O5S+. The molecule has 2 heterocycles. The van der Waals surface area contributed by atoms with E-state index in [-0.39, 0.29) is 27.3 Å². The van der Waals surface area contributed by atoms with Crippen LogP contribution in [-0.2, 0) is 26.0 Å². The smallest absolute Gasteiger partial charge is 0.342 e. The van der Waals surface area contributed by atoms with Crippen molar-refractivity contribution >= 4 is 33.6 Å². The highest BCUT2D eigenvalue weighted by Crippen LogP contribution is 2.43. The lowest BCUT2D eigenvalue weighted by Gasteiger charge is -2.40. The second kappa shape index (κ2) is 9.87. The molecule has 3 rings (SSSR count). The van der Waals surface area contributed by atoms with E-state index in [2.05, 4.69) is 32.7 Å². The number of aliphatic hydroxyl groups excluding tert-OH is 1. The maximum atomic E-state index is 13.5. The van der Waals surface area contributed by atoms with E-state index in [4.69, 9.17) is 9.88 Å². The number of aliphatic imine (C=N–C) groups is 1. The Morgan fingerprint density at radius 1 is 1.20 bits per heavy atom. The molecule has 8 nitrogen and oxygen atoms in total. The van der Waals surface area contributed by atoms with Gasteiger partial charge in [0, 0.05) is 23.6 Å². The lowest BCUT2D eigenvalue weighted by atomic mass is 9.79. The second-order valence-electron chi connectivity index (χ2n) is 10.7. The Kier molecular flexibility index (Phi) is 7.64. The van der Waals surface area contributed by atoms with Gasteiger partial charge >= 0.3 is 5.97 Å². The first kappa shape index (κ1) is 27.1. The van der Waals surface area contributed by atoms with Crippen molar-refractivity contribution in [3.05, 3.63) is 46.3 Å². The summed E-state index contributed by atoms with van der Waals surface area (Å²) in [6.07, 6.45) is 5.97. The standard InChI is InChI=1S/C26H37N3O5S/c1-7-9-19-20(10-8-11-21(19)29(6)15-23(28-16-29)35(27,32)33)24-22(30)14-26(12-17(2)3,13-18(4)5)34-25(24)31/h8,10-11,15-18H,7,9,12-14H2,1-6H3,(H2-,27,30,31,32,33)/p+1. The van der Waals surface area contributed by atoms with Crippen LogP contribution in [0.2, 0.25) is 0 Å². The van der Waals surface area contributed by atoms with Crippen LogP contribution in [0.4, 0.5) is 5.69 Å². The molecule has 0 bridgehead atoms. The van der Waals surface area contributed by atoms with Gasteiger partial charge in [-0.2, -0.15) is 4.99 Å². The number of ether oxygens (including phenoxy) is 1. The second-order valence-corrected chi connectivity index (χ2v) is 12.2. The van der Waals surface area contributed by atoms with E-state index < -0.39 is 21.6 Å². The number of quaternary nitrogens is 1. The minimum absolute atomic E-state index is 0.0251. The number of hydrogen-bond acceptors (Lipinski definition) is 6. The maximum absolute atomic E-state index is 13.5. The molecule has 0 radical (unpaired) electrons. The fourth-order valence-corrected chi connectivity index (χ4v) is 5.94. The van der Waals surface area contributed by atoms with Crippen molar-refractivity contribution in [3.63, 3.8) is 0 Å². The van der Waals surface area contributed by atoms with E-state index in [1.54, 1.807) is 13.1 Å². The molecule has 35 heavy (non-hydrogen) atoms. The van der Waals surface area contributed by atoms with E-state index in [0.717, 1.165) is 17.7 Å². The Morgan fingerprint density at radius 2 is 1.83 bits per heavy atom. The average molecular weight is 505 g/mol. The fourth-order valence-electron chi connectivity index (χ4n) is 5.38. The summed E-state index contributed by atoms with van der Waals surface area (Å²) in [6.45, 7) is 10.4. The number of carbonyl (C=O) groups excluding carboxylic acids is 1. The fraction of sp³-hybridized carbons (Fsp3) is 0.538. The molecule has 9 heteroatoms. The van der Waals surface area contributed by atoms with Gasteiger partial charge in [-0.1, -0.05) is 53.2 Å². The number of benzene rings is 1. The van der Waals surface area contributed by atoms with Gasteiger partial charge in [-0.15, -0.1) is 0 Å². The maximum Gasteiger partial charge on any atom is 0.342 e. The number of hydrogen-bond donors (Lipinski definition) is 2. The molecule has 3 N–H and O–H groups in total. The highest BCUT2D eigenvalue weighted by molar-refractivity contribution is 7.93. The first-order valence-corrected chi connectivity index (χ1v) is 13.7. The van der Waals surface area contributed by atoms with Gasteiger partial charge < -0.3 is 9.84 Å². The summed E-state index contributed by atoms with van der Waals surface area (Å²) >= 11 is 0. The van der Waals surface area contributed by atoms with Gasteiger partial charge in [-0.05, 0) is 31.1 Å². The van der Waals surface area contributed by atoms with Gasteiger partial charge in [-0.25, -0.2) is 22.8 Å². The minimum atomic E-state index is -3.96. The molecule has 1 unspecified atom stereocenters. The summed E-state index contributed by atoms with van der Waals surface area (Å²) in [5.74, 6) is 0.112. The van der Waals surface area contributed by atoms with E-state index >= 15 is 0 Å². The quantitative estimate of drug-likeness (QED) is 0.371. The molecule has 1 atom stereocenters. The van der Waals surface area contributed by atoms with Gasteiger partial charge in [0.1, 0.15) is 28.8 Å². The van der Waals surface area contributed by atoms with Crippen molar-refractivity contribution in [2.75, 3.05) is 7.05 Å². The van der Waals surface area contributed by atoms with Crippen LogP contribution in [0.1, 0.15) is 71.4 Å². The average Bonchev–Trinajstić information content (AvgIpc) is 3.11. The van der Waals surface area contributed by atoms with Crippen LogP contribution in [0.5, 0.6) is 0 Å². The number of esters is 1. The zero-order valence-corrected chi connectivity index (χ0v) is 22.4. The van der Waals surface area contributed by atoms with E-state index in [0.29, 0.717) is 36.7 Å². The first-order valence-electron chi connectivity index (χ1n) is 12.2.